The van der Waals surface area contributed by atoms with Gasteiger partial charge in [-0.2, -0.15) is 4.98 Å². The molecule has 1 saturated heterocycles. The van der Waals surface area contributed by atoms with E-state index in [1.807, 2.05) is 4.90 Å². The van der Waals surface area contributed by atoms with Gasteiger partial charge in [-0.1, -0.05) is 28.9 Å². The van der Waals surface area contributed by atoms with E-state index in [0.29, 0.717) is 18.0 Å². The molecule has 6 nitrogen and oxygen atoms in total. The Labute approximate surface area is 131 Å². The molecule has 1 aliphatic rings. The number of carbonyl (C=O) groups is 1. The summed E-state index contributed by atoms with van der Waals surface area (Å²) in [5.41, 5.74) is 5.63. The fourth-order valence-corrected chi connectivity index (χ4v) is 2.85. The van der Waals surface area contributed by atoms with Crippen LogP contribution in [0.4, 0.5) is 4.39 Å². The predicted octanol–water partition coefficient (Wildman–Crippen LogP) is 2.30. The van der Waals surface area contributed by atoms with Gasteiger partial charge in [0.1, 0.15) is 5.82 Å². The van der Waals surface area contributed by atoms with Gasteiger partial charge in [-0.25, -0.2) is 4.39 Å². The van der Waals surface area contributed by atoms with Crippen LogP contribution in [0.3, 0.4) is 0 Å². The smallest absolute Gasteiger partial charge is 0.290 e. The summed E-state index contributed by atoms with van der Waals surface area (Å²) < 4.78 is 19.1. The second-order valence-corrected chi connectivity index (χ2v) is 5.57. The molecule has 1 aromatic heterocycles. The highest BCUT2D eigenvalue weighted by Crippen LogP contribution is 2.33. The Morgan fingerprint density at radius 2 is 2.36 bits per heavy atom. The van der Waals surface area contributed by atoms with Gasteiger partial charge >= 0.3 is 0 Å². The lowest BCUT2D eigenvalue weighted by Gasteiger charge is -2.21. The van der Waals surface area contributed by atoms with E-state index in [1.165, 1.54) is 6.07 Å². The molecule has 0 radical (unpaired) electrons. The van der Waals surface area contributed by atoms with Gasteiger partial charge in [-0.3, -0.25) is 9.69 Å². The first-order valence-corrected chi connectivity index (χ1v) is 7.24. The third kappa shape index (κ3) is 2.82. The van der Waals surface area contributed by atoms with Crippen LogP contribution in [-0.2, 0) is 6.54 Å². The number of aromatic nitrogens is 2. The molecule has 1 atom stereocenters. The Hall–Kier alpha value is -1.99. The molecule has 1 aromatic carbocycles. The van der Waals surface area contributed by atoms with E-state index < -0.39 is 11.7 Å². The standard InChI is InChI=1S/C14H14ClFN4O2/c15-9-4-1-3-8(11(9)16)7-20-6-2-5-10(20)14-18-13(12(17)21)19-22-14/h1,3-4,10H,2,5-7H2,(H2,17,21)/t10-/m0/s1. The largest absolute Gasteiger partial charge is 0.363 e. The maximum Gasteiger partial charge on any atom is 0.290 e. The Balaban J connectivity index is 1.81. The number of hydrogen-bond donors (Lipinski definition) is 1. The van der Waals surface area contributed by atoms with E-state index in [2.05, 4.69) is 10.1 Å². The molecule has 22 heavy (non-hydrogen) atoms. The predicted molar refractivity (Wildman–Crippen MR) is 76.6 cm³/mol. The Morgan fingerprint density at radius 1 is 1.55 bits per heavy atom. The van der Waals surface area contributed by atoms with Crippen molar-refractivity contribution in [3.05, 3.63) is 46.3 Å². The topological polar surface area (TPSA) is 85.2 Å². The van der Waals surface area contributed by atoms with Crippen LogP contribution in [0.1, 0.15) is 41.0 Å². The Kier molecular flexibility index (Phi) is 4.08. The maximum atomic E-state index is 14.0. The van der Waals surface area contributed by atoms with Crippen molar-refractivity contribution in [3.63, 3.8) is 0 Å². The summed E-state index contributed by atoms with van der Waals surface area (Å²) >= 11 is 5.81. The first kappa shape index (κ1) is 14.9. The number of nitrogens with zero attached hydrogens (tertiary/aromatic N) is 3. The van der Waals surface area contributed by atoms with Crippen LogP contribution >= 0.6 is 11.6 Å². The van der Waals surface area contributed by atoms with Gasteiger partial charge in [0.15, 0.2) is 0 Å². The number of hydrogen-bond acceptors (Lipinski definition) is 5. The fraction of sp³-hybridized carbons (Fsp3) is 0.357. The lowest BCUT2D eigenvalue weighted by molar-refractivity contribution is 0.0987. The van der Waals surface area contributed by atoms with Crippen molar-refractivity contribution in [2.75, 3.05) is 6.54 Å². The number of rotatable bonds is 4. The summed E-state index contributed by atoms with van der Waals surface area (Å²) in [6.07, 6.45) is 1.71. The minimum Gasteiger partial charge on any atom is -0.363 e. The number of benzene rings is 1. The highest BCUT2D eigenvalue weighted by Gasteiger charge is 2.31. The number of likely N-dealkylation sites (tertiary alicyclic amines) is 1. The average Bonchev–Trinajstić information content (AvgIpc) is 3.12. The van der Waals surface area contributed by atoms with Gasteiger partial charge < -0.3 is 10.3 Å². The van der Waals surface area contributed by atoms with Gasteiger partial charge in [-0.05, 0) is 25.5 Å². The van der Waals surface area contributed by atoms with Gasteiger partial charge in [0.05, 0.1) is 11.1 Å². The van der Waals surface area contributed by atoms with Crippen molar-refractivity contribution in [1.82, 2.24) is 15.0 Å². The van der Waals surface area contributed by atoms with Crippen LogP contribution < -0.4 is 5.73 Å². The highest BCUT2D eigenvalue weighted by atomic mass is 35.5. The molecular formula is C14H14ClFN4O2. The molecule has 1 amide bonds. The fourth-order valence-electron chi connectivity index (χ4n) is 2.66. The van der Waals surface area contributed by atoms with Crippen LogP contribution in [0.2, 0.25) is 5.02 Å². The molecule has 2 N–H and O–H groups in total. The minimum absolute atomic E-state index is 0.0991. The first-order valence-electron chi connectivity index (χ1n) is 6.86. The first-order chi connectivity index (χ1) is 10.6. The molecule has 1 aliphatic heterocycles. The lowest BCUT2D eigenvalue weighted by Crippen LogP contribution is -2.24. The molecule has 3 rings (SSSR count). The van der Waals surface area contributed by atoms with Gasteiger partial charge in [-0.15, -0.1) is 0 Å². The highest BCUT2D eigenvalue weighted by molar-refractivity contribution is 6.30. The third-order valence-electron chi connectivity index (χ3n) is 3.72. The zero-order valence-corrected chi connectivity index (χ0v) is 12.4. The number of primary amides is 1. The number of carbonyl (C=O) groups excluding carboxylic acids is 1. The molecule has 0 aliphatic carbocycles. The van der Waals surface area contributed by atoms with Gasteiger partial charge in [0, 0.05) is 12.1 Å². The monoisotopic (exact) mass is 324 g/mol. The van der Waals surface area contributed by atoms with E-state index in [1.54, 1.807) is 12.1 Å². The Morgan fingerprint density at radius 3 is 3.09 bits per heavy atom. The van der Waals surface area contributed by atoms with Crippen molar-refractivity contribution >= 4 is 17.5 Å². The van der Waals surface area contributed by atoms with Gasteiger partial charge in [0.25, 0.3) is 11.7 Å². The Bertz CT molecular complexity index is 706. The van der Waals surface area contributed by atoms with E-state index >= 15 is 0 Å². The normalized spacial score (nSPS) is 18.7. The summed E-state index contributed by atoms with van der Waals surface area (Å²) in [5.74, 6) is -0.969. The molecule has 0 spiro atoms. The molecule has 2 aromatic rings. The quantitative estimate of drug-likeness (QED) is 0.932. The summed E-state index contributed by atoms with van der Waals surface area (Å²) in [6, 6.07) is 4.76. The molecule has 8 heteroatoms. The van der Waals surface area contributed by atoms with E-state index in [9.17, 15) is 9.18 Å². The molecule has 0 saturated carbocycles. The third-order valence-corrected chi connectivity index (χ3v) is 4.01. The number of nitrogens with two attached hydrogens (primary N) is 1. The van der Waals surface area contributed by atoms with Crippen LogP contribution in [0, 0.1) is 5.82 Å². The van der Waals surface area contributed by atoms with Crippen molar-refractivity contribution in [1.29, 1.82) is 0 Å². The van der Waals surface area contributed by atoms with E-state index in [0.717, 1.165) is 19.4 Å². The average molecular weight is 325 g/mol. The second-order valence-electron chi connectivity index (χ2n) is 5.16. The molecule has 0 unspecified atom stereocenters. The number of amides is 1. The van der Waals surface area contributed by atoms with E-state index in [-0.39, 0.29) is 16.9 Å². The SMILES string of the molecule is NC(=O)c1noc([C@@H]2CCCN2Cc2cccc(Cl)c2F)n1. The van der Waals surface area contributed by atoms with Crippen molar-refractivity contribution < 1.29 is 13.7 Å². The molecule has 0 bridgehead atoms. The second kappa shape index (κ2) is 6.02. The van der Waals surface area contributed by atoms with Gasteiger partial charge in [0.2, 0.25) is 5.89 Å². The molecule has 116 valence electrons. The minimum atomic E-state index is -0.736. The molecular weight excluding hydrogens is 311 g/mol. The number of halogens is 2. The lowest BCUT2D eigenvalue weighted by atomic mass is 10.1. The molecule has 2 heterocycles. The zero-order chi connectivity index (χ0) is 15.7. The van der Waals surface area contributed by atoms with Crippen LogP contribution in [0.15, 0.2) is 22.7 Å². The van der Waals surface area contributed by atoms with Crippen LogP contribution in [0.25, 0.3) is 0 Å². The summed E-state index contributed by atoms with van der Waals surface area (Å²) in [6.45, 7) is 1.15. The molecule has 1 fully saturated rings. The van der Waals surface area contributed by atoms with Crippen molar-refractivity contribution in [2.45, 2.75) is 25.4 Å². The summed E-state index contributed by atoms with van der Waals surface area (Å²) in [4.78, 5) is 17.1. The maximum absolute atomic E-state index is 14.0. The van der Waals surface area contributed by atoms with Crippen molar-refractivity contribution in [3.8, 4) is 0 Å². The summed E-state index contributed by atoms with van der Waals surface area (Å²) in [7, 11) is 0. The van der Waals surface area contributed by atoms with Crippen molar-refractivity contribution in [2.24, 2.45) is 5.73 Å². The summed E-state index contributed by atoms with van der Waals surface area (Å²) in [5, 5.41) is 3.65. The zero-order valence-electron chi connectivity index (χ0n) is 11.6. The van der Waals surface area contributed by atoms with Crippen LogP contribution in [0.5, 0.6) is 0 Å². The van der Waals surface area contributed by atoms with E-state index in [4.69, 9.17) is 21.9 Å². The van der Waals surface area contributed by atoms with Crippen LogP contribution in [-0.4, -0.2) is 27.5 Å².